The molecule has 1 saturated heterocycles. The van der Waals surface area contributed by atoms with Gasteiger partial charge in [0.2, 0.25) is 0 Å². The normalized spacial score (nSPS) is 18.8. The topological polar surface area (TPSA) is 53.1 Å². The van der Waals surface area contributed by atoms with Gasteiger partial charge in [0, 0.05) is 18.8 Å². The average Bonchev–Trinajstić information content (AvgIpc) is 2.45. The summed E-state index contributed by atoms with van der Waals surface area (Å²) in [4.78, 5) is 2.43. The highest BCUT2D eigenvalue weighted by molar-refractivity contribution is 7.80. The van der Waals surface area contributed by atoms with E-state index in [1.165, 1.54) is 25.7 Å². The van der Waals surface area contributed by atoms with Crippen molar-refractivity contribution in [1.82, 2.24) is 4.90 Å². The second-order valence-electron chi connectivity index (χ2n) is 3.84. The van der Waals surface area contributed by atoms with Gasteiger partial charge in [0.1, 0.15) is 16.6 Å². The Bertz CT molecular complexity index is 306. The fourth-order valence-corrected chi connectivity index (χ4v) is 2.07. The van der Waals surface area contributed by atoms with Crippen LogP contribution in [-0.4, -0.2) is 23.0 Å². The first-order valence-electron chi connectivity index (χ1n) is 5.32. The molecule has 0 aromatic heterocycles. The van der Waals surface area contributed by atoms with Gasteiger partial charge < -0.3 is 10.6 Å². The molecule has 0 atom stereocenters. The third-order valence-corrected chi connectivity index (χ3v) is 3.00. The van der Waals surface area contributed by atoms with E-state index in [1.807, 2.05) is 6.92 Å². The Kier molecular flexibility index (Phi) is 4.57. The molecule has 4 heteroatoms. The highest BCUT2D eigenvalue weighted by atomic mass is 32.1. The number of likely N-dealkylation sites (tertiary alicyclic amines) is 1. The van der Waals surface area contributed by atoms with E-state index in [4.69, 9.17) is 23.2 Å². The molecule has 0 bridgehead atoms. The molecule has 82 valence electrons. The number of nitrogens with two attached hydrogens (primary N) is 1. The summed E-state index contributed by atoms with van der Waals surface area (Å²) >= 11 is 4.87. The van der Waals surface area contributed by atoms with E-state index >= 15 is 0 Å². The van der Waals surface area contributed by atoms with Gasteiger partial charge in [0.25, 0.3) is 0 Å². The maximum atomic E-state index is 8.97. The Morgan fingerprint density at radius 1 is 1.27 bits per heavy atom. The van der Waals surface area contributed by atoms with E-state index in [0.29, 0.717) is 5.57 Å². The molecular formula is C11H17N3S. The van der Waals surface area contributed by atoms with Crippen LogP contribution in [0.15, 0.2) is 11.3 Å². The quantitative estimate of drug-likeness (QED) is 0.441. The number of nitriles is 1. The molecule has 1 aliphatic rings. The van der Waals surface area contributed by atoms with E-state index in [0.717, 1.165) is 18.8 Å². The molecule has 15 heavy (non-hydrogen) atoms. The minimum absolute atomic E-state index is 0.208. The first-order valence-corrected chi connectivity index (χ1v) is 5.73. The average molecular weight is 223 g/mol. The van der Waals surface area contributed by atoms with Gasteiger partial charge in [-0.2, -0.15) is 5.26 Å². The van der Waals surface area contributed by atoms with Crippen LogP contribution in [0.1, 0.15) is 32.6 Å². The van der Waals surface area contributed by atoms with Gasteiger partial charge in [-0.3, -0.25) is 0 Å². The summed E-state index contributed by atoms with van der Waals surface area (Å²) in [5.41, 5.74) is 6.92. The molecule has 0 amide bonds. The number of nitrogens with zero attached hydrogens (tertiary/aromatic N) is 2. The lowest BCUT2D eigenvalue weighted by Gasteiger charge is -2.24. The summed E-state index contributed by atoms with van der Waals surface area (Å²) < 4.78 is 0. The van der Waals surface area contributed by atoms with Gasteiger partial charge in [-0.15, -0.1) is 0 Å². The molecular weight excluding hydrogens is 206 g/mol. The first-order chi connectivity index (χ1) is 7.16. The second-order valence-corrected chi connectivity index (χ2v) is 4.28. The molecule has 0 aromatic rings. The predicted molar refractivity (Wildman–Crippen MR) is 65.1 cm³/mol. The molecule has 1 rings (SSSR count). The summed E-state index contributed by atoms with van der Waals surface area (Å²) in [5, 5.41) is 8.97. The van der Waals surface area contributed by atoms with Crippen LogP contribution < -0.4 is 5.73 Å². The van der Waals surface area contributed by atoms with Crippen LogP contribution in [0.4, 0.5) is 0 Å². The minimum Gasteiger partial charge on any atom is -0.389 e. The molecule has 1 fully saturated rings. The second kappa shape index (κ2) is 5.72. The lowest BCUT2D eigenvalue weighted by atomic mass is 10.2. The molecule has 1 aliphatic heterocycles. The zero-order valence-corrected chi connectivity index (χ0v) is 9.94. The first kappa shape index (κ1) is 12.0. The predicted octanol–water partition coefficient (Wildman–Crippen LogP) is 1.95. The molecule has 3 nitrogen and oxygen atoms in total. The number of rotatable bonds is 2. The fourth-order valence-electron chi connectivity index (χ4n) is 1.88. The van der Waals surface area contributed by atoms with Crippen LogP contribution in [0.2, 0.25) is 0 Å². The van der Waals surface area contributed by atoms with Crippen LogP contribution >= 0.6 is 12.2 Å². The summed E-state index contributed by atoms with van der Waals surface area (Å²) in [6, 6.07) is 2.09. The van der Waals surface area contributed by atoms with Crippen LogP contribution in [-0.2, 0) is 0 Å². The number of thiocarbonyl (C=S) groups is 1. The minimum atomic E-state index is 0.208. The van der Waals surface area contributed by atoms with Crippen molar-refractivity contribution in [2.24, 2.45) is 5.73 Å². The lowest BCUT2D eigenvalue weighted by Crippen LogP contribution is -2.26. The maximum Gasteiger partial charge on any atom is 0.116 e. The highest BCUT2D eigenvalue weighted by Crippen LogP contribution is 2.17. The van der Waals surface area contributed by atoms with Gasteiger partial charge in [-0.1, -0.05) is 25.1 Å². The van der Waals surface area contributed by atoms with E-state index in [-0.39, 0.29) is 4.99 Å². The van der Waals surface area contributed by atoms with Crippen LogP contribution in [0, 0.1) is 11.3 Å². The smallest absolute Gasteiger partial charge is 0.116 e. The summed E-state index contributed by atoms with van der Waals surface area (Å²) in [6.07, 6.45) is 4.93. The Morgan fingerprint density at radius 2 is 1.80 bits per heavy atom. The SMILES string of the molecule is CC(=C(C#N)C(N)=S)N1CCCCCC1. The van der Waals surface area contributed by atoms with Gasteiger partial charge >= 0.3 is 0 Å². The highest BCUT2D eigenvalue weighted by Gasteiger charge is 2.14. The van der Waals surface area contributed by atoms with Gasteiger partial charge in [-0.25, -0.2) is 0 Å². The van der Waals surface area contributed by atoms with Crippen molar-refractivity contribution in [1.29, 1.82) is 5.26 Å². The van der Waals surface area contributed by atoms with E-state index < -0.39 is 0 Å². The van der Waals surface area contributed by atoms with Gasteiger partial charge in [0.05, 0.1) is 0 Å². The fraction of sp³-hybridized carbons (Fsp3) is 0.636. The van der Waals surface area contributed by atoms with Crippen LogP contribution in [0.3, 0.4) is 0 Å². The Hall–Kier alpha value is -1.08. The largest absolute Gasteiger partial charge is 0.389 e. The molecule has 0 aliphatic carbocycles. The summed E-state index contributed by atoms with van der Waals surface area (Å²) in [5.74, 6) is 0. The van der Waals surface area contributed by atoms with Crippen LogP contribution in [0.5, 0.6) is 0 Å². The van der Waals surface area contributed by atoms with Crippen molar-refractivity contribution < 1.29 is 0 Å². The molecule has 0 radical (unpaired) electrons. The molecule has 0 spiro atoms. The van der Waals surface area contributed by atoms with Gasteiger partial charge in [-0.05, 0) is 19.8 Å². The molecule has 0 saturated carbocycles. The van der Waals surface area contributed by atoms with E-state index in [9.17, 15) is 0 Å². The zero-order valence-electron chi connectivity index (χ0n) is 9.12. The summed E-state index contributed by atoms with van der Waals surface area (Å²) in [7, 11) is 0. The van der Waals surface area contributed by atoms with Crippen molar-refractivity contribution in [2.45, 2.75) is 32.6 Å². The van der Waals surface area contributed by atoms with Gasteiger partial charge in [0.15, 0.2) is 0 Å². The third kappa shape index (κ3) is 3.21. The summed E-state index contributed by atoms with van der Waals surface area (Å²) in [6.45, 7) is 3.96. The number of hydrogen-bond acceptors (Lipinski definition) is 3. The lowest BCUT2D eigenvalue weighted by molar-refractivity contribution is 0.358. The number of hydrogen-bond donors (Lipinski definition) is 1. The van der Waals surface area contributed by atoms with Crippen molar-refractivity contribution in [3.05, 3.63) is 11.3 Å². The third-order valence-electron chi connectivity index (χ3n) is 2.80. The Labute approximate surface area is 96.5 Å². The zero-order chi connectivity index (χ0) is 11.3. The molecule has 1 heterocycles. The van der Waals surface area contributed by atoms with Crippen molar-refractivity contribution in [3.8, 4) is 6.07 Å². The monoisotopic (exact) mass is 223 g/mol. The van der Waals surface area contributed by atoms with E-state index in [2.05, 4.69) is 11.0 Å². The standard InChI is InChI=1S/C11H17N3S/c1-9(10(8-12)11(13)15)14-6-4-2-3-5-7-14/h2-7H2,1H3,(H2,13,15). The number of allylic oxidation sites excluding steroid dienone is 1. The van der Waals surface area contributed by atoms with Crippen molar-refractivity contribution in [2.75, 3.05) is 13.1 Å². The van der Waals surface area contributed by atoms with Crippen molar-refractivity contribution >= 4 is 17.2 Å². The van der Waals surface area contributed by atoms with Crippen LogP contribution in [0.25, 0.3) is 0 Å². The van der Waals surface area contributed by atoms with Crippen molar-refractivity contribution in [3.63, 3.8) is 0 Å². The molecule has 0 aromatic carbocycles. The Morgan fingerprint density at radius 3 is 2.20 bits per heavy atom. The Balaban J connectivity index is 2.84. The molecule has 2 N–H and O–H groups in total. The molecule has 0 unspecified atom stereocenters. The van der Waals surface area contributed by atoms with E-state index in [1.54, 1.807) is 0 Å². The maximum absolute atomic E-state index is 8.97.